The number of nitrogens with zero attached hydrogens (tertiary/aromatic N) is 1. The van der Waals surface area contributed by atoms with Gasteiger partial charge in [0.1, 0.15) is 5.75 Å². The maximum absolute atomic E-state index is 5.86. The summed E-state index contributed by atoms with van der Waals surface area (Å²) in [5.74, 6) is 1.39. The van der Waals surface area contributed by atoms with Crippen LogP contribution in [-0.2, 0) is 6.42 Å². The van der Waals surface area contributed by atoms with E-state index in [1.54, 1.807) is 6.20 Å². The van der Waals surface area contributed by atoms with Gasteiger partial charge in [-0.15, -0.1) is 0 Å². The van der Waals surface area contributed by atoms with Gasteiger partial charge in [-0.2, -0.15) is 0 Å². The molecule has 106 valence electrons. The predicted octanol–water partition coefficient (Wildman–Crippen LogP) is 4.24. The molecule has 2 rings (SSSR count). The maximum atomic E-state index is 5.86. The van der Waals surface area contributed by atoms with Crippen molar-refractivity contribution in [1.29, 1.82) is 0 Å². The van der Waals surface area contributed by atoms with Crippen LogP contribution in [0.3, 0.4) is 0 Å². The van der Waals surface area contributed by atoms with Crippen LogP contribution in [0.5, 0.6) is 11.6 Å². The highest BCUT2D eigenvalue weighted by atomic mass is 16.5. The van der Waals surface area contributed by atoms with E-state index in [1.165, 1.54) is 18.4 Å². The highest BCUT2D eigenvalue weighted by molar-refractivity contribution is 5.32. The lowest BCUT2D eigenvalue weighted by Crippen LogP contribution is -2.05. The Bertz CT molecular complexity index is 535. The minimum absolute atomic E-state index is 0.0169. The Morgan fingerprint density at radius 1 is 1.20 bits per heavy atom. The Hall–Kier alpha value is -1.87. The molecule has 0 amide bonds. The molecule has 0 saturated carbocycles. The average molecular weight is 270 g/mol. The summed E-state index contributed by atoms with van der Waals surface area (Å²) in [4.78, 5) is 4.21. The van der Waals surface area contributed by atoms with Crippen molar-refractivity contribution >= 4 is 0 Å². The molecule has 2 aromatic rings. The number of benzene rings is 1. The van der Waals surface area contributed by atoms with Crippen LogP contribution in [0, 0.1) is 0 Å². The molecule has 1 heterocycles. The number of pyridine rings is 1. The SMILES string of the molecule is CCCCc1ccc(Oc2cc([C@@H](C)N)ccn2)cc1. The van der Waals surface area contributed by atoms with Gasteiger partial charge in [-0.3, -0.25) is 0 Å². The van der Waals surface area contributed by atoms with Gasteiger partial charge in [0.25, 0.3) is 0 Å². The van der Waals surface area contributed by atoms with E-state index in [0.29, 0.717) is 5.88 Å². The quantitative estimate of drug-likeness (QED) is 0.854. The normalized spacial score (nSPS) is 12.2. The van der Waals surface area contributed by atoms with Crippen molar-refractivity contribution < 1.29 is 4.74 Å². The molecule has 0 spiro atoms. The van der Waals surface area contributed by atoms with Crippen LogP contribution >= 0.6 is 0 Å². The van der Waals surface area contributed by atoms with E-state index in [4.69, 9.17) is 10.5 Å². The number of unbranched alkanes of at least 4 members (excludes halogenated alkanes) is 1. The lowest BCUT2D eigenvalue weighted by Gasteiger charge is -2.09. The third kappa shape index (κ3) is 4.07. The predicted molar refractivity (Wildman–Crippen MR) is 82.0 cm³/mol. The topological polar surface area (TPSA) is 48.1 Å². The van der Waals surface area contributed by atoms with Crippen LogP contribution in [0.2, 0.25) is 0 Å². The van der Waals surface area contributed by atoms with Crippen LogP contribution in [0.25, 0.3) is 0 Å². The van der Waals surface area contributed by atoms with E-state index in [-0.39, 0.29) is 6.04 Å². The van der Waals surface area contributed by atoms with Gasteiger partial charge >= 0.3 is 0 Å². The van der Waals surface area contributed by atoms with Gasteiger partial charge < -0.3 is 10.5 Å². The zero-order valence-corrected chi connectivity index (χ0v) is 12.2. The third-order valence-electron chi connectivity index (χ3n) is 3.25. The molecule has 0 saturated heterocycles. The first kappa shape index (κ1) is 14.5. The Labute approximate surface area is 120 Å². The summed E-state index contributed by atoms with van der Waals surface area (Å²) >= 11 is 0. The fourth-order valence-electron chi connectivity index (χ4n) is 1.99. The second-order valence-corrected chi connectivity index (χ2v) is 5.07. The maximum Gasteiger partial charge on any atom is 0.219 e. The number of ether oxygens (including phenoxy) is 1. The van der Waals surface area contributed by atoms with Crippen molar-refractivity contribution in [2.24, 2.45) is 5.73 Å². The van der Waals surface area contributed by atoms with Gasteiger partial charge in [-0.1, -0.05) is 25.5 Å². The minimum Gasteiger partial charge on any atom is -0.439 e. The molecule has 20 heavy (non-hydrogen) atoms. The first-order valence-electron chi connectivity index (χ1n) is 7.17. The molecule has 0 aliphatic rings. The lowest BCUT2D eigenvalue weighted by atomic mass is 10.1. The van der Waals surface area contributed by atoms with E-state index in [9.17, 15) is 0 Å². The Balaban J connectivity index is 2.04. The van der Waals surface area contributed by atoms with Crippen molar-refractivity contribution in [3.63, 3.8) is 0 Å². The Morgan fingerprint density at radius 2 is 1.95 bits per heavy atom. The first-order chi connectivity index (χ1) is 9.69. The smallest absolute Gasteiger partial charge is 0.219 e. The molecule has 0 aliphatic carbocycles. The highest BCUT2D eigenvalue weighted by Crippen LogP contribution is 2.22. The number of nitrogens with two attached hydrogens (primary N) is 1. The van der Waals surface area contributed by atoms with E-state index in [2.05, 4.69) is 24.0 Å². The number of hydrogen-bond acceptors (Lipinski definition) is 3. The summed E-state index contributed by atoms with van der Waals surface area (Å²) in [6.45, 7) is 4.15. The molecule has 0 fully saturated rings. The monoisotopic (exact) mass is 270 g/mol. The van der Waals surface area contributed by atoms with Crippen molar-refractivity contribution in [2.75, 3.05) is 0 Å². The summed E-state index contributed by atoms with van der Waals surface area (Å²) in [5.41, 5.74) is 8.23. The van der Waals surface area contributed by atoms with Crippen molar-refractivity contribution in [2.45, 2.75) is 39.2 Å². The van der Waals surface area contributed by atoms with Gasteiger partial charge in [-0.25, -0.2) is 4.98 Å². The van der Waals surface area contributed by atoms with Crippen LogP contribution in [-0.4, -0.2) is 4.98 Å². The Morgan fingerprint density at radius 3 is 2.60 bits per heavy atom. The van der Waals surface area contributed by atoms with E-state index >= 15 is 0 Å². The van der Waals surface area contributed by atoms with Crippen molar-refractivity contribution in [3.05, 3.63) is 53.7 Å². The highest BCUT2D eigenvalue weighted by Gasteiger charge is 2.03. The van der Waals surface area contributed by atoms with Gasteiger partial charge in [0.2, 0.25) is 5.88 Å². The zero-order chi connectivity index (χ0) is 14.4. The molecule has 1 atom stereocenters. The van der Waals surface area contributed by atoms with Crippen molar-refractivity contribution in [3.8, 4) is 11.6 Å². The number of hydrogen-bond donors (Lipinski definition) is 1. The van der Waals surface area contributed by atoms with Crippen LogP contribution in [0.4, 0.5) is 0 Å². The molecule has 0 aliphatic heterocycles. The summed E-state index contributed by atoms with van der Waals surface area (Å²) in [7, 11) is 0. The minimum atomic E-state index is -0.0169. The molecular formula is C17H22N2O. The molecule has 0 radical (unpaired) electrons. The van der Waals surface area contributed by atoms with Gasteiger partial charge in [0.05, 0.1) is 0 Å². The second kappa shape index (κ2) is 7.06. The third-order valence-corrected chi connectivity index (χ3v) is 3.25. The molecule has 1 aromatic carbocycles. The molecule has 0 bridgehead atoms. The van der Waals surface area contributed by atoms with Crippen LogP contribution < -0.4 is 10.5 Å². The molecule has 3 heteroatoms. The first-order valence-corrected chi connectivity index (χ1v) is 7.17. The van der Waals surface area contributed by atoms with Gasteiger partial charge in [0.15, 0.2) is 0 Å². The molecule has 1 aromatic heterocycles. The van der Waals surface area contributed by atoms with Crippen LogP contribution in [0.15, 0.2) is 42.6 Å². The number of rotatable bonds is 6. The standard InChI is InChI=1S/C17H22N2O/c1-3-4-5-14-6-8-16(9-7-14)20-17-12-15(13(2)18)10-11-19-17/h6-13H,3-5,18H2,1-2H3/t13-/m1/s1. The van der Waals surface area contributed by atoms with Gasteiger partial charge in [0, 0.05) is 18.3 Å². The lowest BCUT2D eigenvalue weighted by molar-refractivity contribution is 0.461. The average Bonchev–Trinajstić information content (AvgIpc) is 2.47. The largest absolute Gasteiger partial charge is 0.439 e. The summed E-state index contributed by atoms with van der Waals surface area (Å²) in [6, 6.07) is 12.0. The molecule has 3 nitrogen and oxygen atoms in total. The van der Waals surface area contributed by atoms with Gasteiger partial charge in [-0.05, 0) is 49.1 Å². The fraction of sp³-hybridized carbons (Fsp3) is 0.353. The molecule has 0 unspecified atom stereocenters. The molecule has 2 N–H and O–H groups in total. The fourth-order valence-corrected chi connectivity index (χ4v) is 1.99. The summed E-state index contributed by atoms with van der Waals surface area (Å²) in [6.07, 6.45) is 5.28. The van der Waals surface area contributed by atoms with Crippen LogP contribution in [0.1, 0.15) is 43.9 Å². The Kier molecular flexibility index (Phi) is 5.13. The second-order valence-electron chi connectivity index (χ2n) is 5.07. The number of aromatic nitrogens is 1. The van der Waals surface area contributed by atoms with E-state index in [0.717, 1.165) is 17.7 Å². The molecular weight excluding hydrogens is 248 g/mol. The summed E-state index contributed by atoms with van der Waals surface area (Å²) < 4.78 is 5.76. The number of aryl methyl sites for hydroxylation is 1. The van der Waals surface area contributed by atoms with E-state index in [1.807, 2.05) is 31.2 Å². The summed E-state index contributed by atoms with van der Waals surface area (Å²) in [5, 5.41) is 0. The van der Waals surface area contributed by atoms with Crippen molar-refractivity contribution in [1.82, 2.24) is 4.98 Å². The van der Waals surface area contributed by atoms with E-state index < -0.39 is 0 Å². The zero-order valence-electron chi connectivity index (χ0n) is 12.2.